The molecule has 6 heteroatoms. The number of carboxylic acid groups (broad SMARTS) is 1. The van der Waals surface area contributed by atoms with Gasteiger partial charge < -0.3 is 14.1 Å². The maximum absolute atomic E-state index is 11.2. The van der Waals surface area contributed by atoms with Crippen molar-refractivity contribution in [2.45, 2.75) is 25.3 Å². The van der Waals surface area contributed by atoms with Crippen molar-refractivity contribution in [2.24, 2.45) is 0 Å². The van der Waals surface area contributed by atoms with Gasteiger partial charge in [-0.1, -0.05) is 0 Å². The van der Waals surface area contributed by atoms with E-state index < -0.39 is 12.0 Å². The standard InChI is InChI=1S/C12H11BrN2O3/c13-10-5-4-9(18-10)7-6-15-8(12(16)17)2-1-3-11(15)14-7/h4-6,8H,1-3H2,(H,16,17). The van der Waals surface area contributed by atoms with E-state index in [9.17, 15) is 9.90 Å². The number of aryl methyl sites for hydroxylation is 1. The van der Waals surface area contributed by atoms with Gasteiger partial charge >= 0.3 is 5.97 Å². The lowest BCUT2D eigenvalue weighted by atomic mass is 10.1. The summed E-state index contributed by atoms with van der Waals surface area (Å²) in [6.45, 7) is 0. The zero-order valence-corrected chi connectivity index (χ0v) is 11.1. The summed E-state index contributed by atoms with van der Waals surface area (Å²) in [4.78, 5) is 15.6. The van der Waals surface area contributed by atoms with Gasteiger partial charge in [0.1, 0.15) is 17.6 Å². The lowest BCUT2D eigenvalue weighted by Crippen LogP contribution is -2.24. The van der Waals surface area contributed by atoms with Gasteiger partial charge in [0.25, 0.3) is 0 Å². The fraction of sp³-hybridized carbons (Fsp3) is 0.333. The van der Waals surface area contributed by atoms with Crippen molar-refractivity contribution in [1.29, 1.82) is 0 Å². The molecule has 0 bridgehead atoms. The fourth-order valence-corrected chi connectivity index (χ4v) is 2.60. The lowest BCUT2D eigenvalue weighted by Gasteiger charge is -2.20. The van der Waals surface area contributed by atoms with Gasteiger partial charge in [-0.2, -0.15) is 0 Å². The summed E-state index contributed by atoms with van der Waals surface area (Å²) in [5.74, 6) is 0.657. The molecule has 5 nitrogen and oxygen atoms in total. The van der Waals surface area contributed by atoms with Crippen molar-refractivity contribution in [3.8, 4) is 11.5 Å². The number of aliphatic carboxylic acids is 1. The average Bonchev–Trinajstić information content (AvgIpc) is 2.93. The second-order valence-corrected chi connectivity index (χ2v) is 5.08. The third kappa shape index (κ3) is 1.86. The van der Waals surface area contributed by atoms with Crippen LogP contribution in [0.1, 0.15) is 24.7 Å². The Morgan fingerprint density at radius 3 is 3.06 bits per heavy atom. The van der Waals surface area contributed by atoms with Gasteiger partial charge in [-0.25, -0.2) is 9.78 Å². The summed E-state index contributed by atoms with van der Waals surface area (Å²) in [5.41, 5.74) is 0.684. The van der Waals surface area contributed by atoms with Gasteiger partial charge in [0.2, 0.25) is 0 Å². The van der Waals surface area contributed by atoms with E-state index in [2.05, 4.69) is 20.9 Å². The molecule has 0 spiro atoms. The van der Waals surface area contributed by atoms with Crippen LogP contribution >= 0.6 is 15.9 Å². The summed E-state index contributed by atoms with van der Waals surface area (Å²) in [6, 6.07) is 3.10. The zero-order valence-electron chi connectivity index (χ0n) is 9.47. The molecule has 0 saturated carbocycles. The van der Waals surface area contributed by atoms with Gasteiger partial charge in [-0.15, -0.1) is 0 Å². The Morgan fingerprint density at radius 1 is 1.56 bits per heavy atom. The van der Waals surface area contributed by atoms with Crippen molar-refractivity contribution in [2.75, 3.05) is 0 Å². The summed E-state index contributed by atoms with van der Waals surface area (Å²) < 4.78 is 7.82. The molecule has 1 atom stereocenters. The smallest absolute Gasteiger partial charge is 0.326 e. The minimum atomic E-state index is -0.805. The van der Waals surface area contributed by atoms with E-state index in [0.29, 0.717) is 22.5 Å². The predicted octanol–water partition coefficient (Wildman–Crippen LogP) is 2.87. The van der Waals surface area contributed by atoms with Crippen LogP contribution in [0.2, 0.25) is 0 Å². The van der Waals surface area contributed by atoms with Gasteiger partial charge in [-0.05, 0) is 40.9 Å². The highest BCUT2D eigenvalue weighted by Gasteiger charge is 2.27. The van der Waals surface area contributed by atoms with Gasteiger partial charge in [0.15, 0.2) is 10.4 Å². The maximum Gasteiger partial charge on any atom is 0.326 e. The summed E-state index contributed by atoms with van der Waals surface area (Å²) in [5, 5.41) is 9.19. The number of carboxylic acids is 1. The Hall–Kier alpha value is -1.56. The first-order valence-electron chi connectivity index (χ1n) is 5.71. The number of aromatic nitrogens is 2. The predicted molar refractivity (Wildman–Crippen MR) is 67.2 cm³/mol. The molecule has 3 rings (SSSR count). The third-order valence-corrected chi connectivity index (χ3v) is 3.56. The monoisotopic (exact) mass is 310 g/mol. The largest absolute Gasteiger partial charge is 0.480 e. The lowest BCUT2D eigenvalue weighted by molar-refractivity contribution is -0.141. The van der Waals surface area contributed by atoms with Crippen LogP contribution in [0.4, 0.5) is 0 Å². The van der Waals surface area contributed by atoms with E-state index in [-0.39, 0.29) is 0 Å². The molecule has 0 amide bonds. The maximum atomic E-state index is 11.2. The molecule has 0 aliphatic carbocycles. The van der Waals surface area contributed by atoms with E-state index in [1.165, 1.54) is 0 Å². The normalized spacial score (nSPS) is 18.6. The summed E-state index contributed by atoms with van der Waals surface area (Å²) in [6.07, 6.45) is 4.08. The van der Waals surface area contributed by atoms with Gasteiger partial charge in [-0.3, -0.25) is 0 Å². The third-order valence-electron chi connectivity index (χ3n) is 3.13. The van der Waals surface area contributed by atoms with Crippen LogP contribution in [0.25, 0.3) is 11.5 Å². The zero-order chi connectivity index (χ0) is 12.7. The summed E-state index contributed by atoms with van der Waals surface area (Å²) in [7, 11) is 0. The molecule has 18 heavy (non-hydrogen) atoms. The highest BCUT2D eigenvalue weighted by Crippen LogP contribution is 2.30. The van der Waals surface area contributed by atoms with Crippen molar-refractivity contribution >= 4 is 21.9 Å². The first kappa shape index (κ1) is 11.5. The molecule has 1 aliphatic heterocycles. The number of rotatable bonds is 2. The van der Waals surface area contributed by atoms with Crippen molar-refractivity contribution in [3.63, 3.8) is 0 Å². The number of nitrogens with zero attached hydrogens (tertiary/aromatic N) is 2. The molecule has 0 saturated heterocycles. The molecule has 2 aromatic rings. The highest BCUT2D eigenvalue weighted by atomic mass is 79.9. The Kier molecular flexibility index (Phi) is 2.74. The van der Waals surface area contributed by atoms with Crippen LogP contribution in [0.15, 0.2) is 27.4 Å². The van der Waals surface area contributed by atoms with E-state index >= 15 is 0 Å². The molecule has 2 aromatic heterocycles. The number of imidazole rings is 1. The molecule has 0 fully saturated rings. The number of hydrogen-bond acceptors (Lipinski definition) is 3. The van der Waals surface area contributed by atoms with Gasteiger partial charge in [0, 0.05) is 12.6 Å². The number of furan rings is 1. The van der Waals surface area contributed by atoms with Crippen LogP contribution in [0.5, 0.6) is 0 Å². The van der Waals surface area contributed by atoms with E-state index in [0.717, 1.165) is 18.7 Å². The van der Waals surface area contributed by atoms with Gasteiger partial charge in [0.05, 0.1) is 0 Å². The number of hydrogen-bond donors (Lipinski definition) is 1. The Bertz CT molecular complexity index is 602. The minimum absolute atomic E-state index is 0.506. The fourth-order valence-electron chi connectivity index (χ4n) is 2.29. The van der Waals surface area contributed by atoms with Crippen molar-refractivity contribution < 1.29 is 14.3 Å². The number of fused-ring (bicyclic) bond motifs is 1. The van der Waals surface area contributed by atoms with E-state index in [1.54, 1.807) is 16.8 Å². The van der Waals surface area contributed by atoms with E-state index in [4.69, 9.17) is 4.42 Å². The molecule has 3 heterocycles. The topological polar surface area (TPSA) is 68.3 Å². The van der Waals surface area contributed by atoms with Crippen LogP contribution in [-0.4, -0.2) is 20.6 Å². The molecular formula is C12H11BrN2O3. The van der Waals surface area contributed by atoms with Crippen LogP contribution in [-0.2, 0) is 11.2 Å². The second kappa shape index (κ2) is 4.28. The SMILES string of the molecule is O=C(O)C1CCCc2nc(-c3ccc(Br)o3)cn21. The van der Waals surface area contributed by atoms with Crippen LogP contribution in [0.3, 0.4) is 0 Å². The van der Waals surface area contributed by atoms with Crippen molar-refractivity contribution in [3.05, 3.63) is 28.8 Å². The first-order valence-corrected chi connectivity index (χ1v) is 6.51. The Labute approximate surface area is 112 Å². The number of halogens is 1. The molecule has 0 aromatic carbocycles. The van der Waals surface area contributed by atoms with E-state index in [1.807, 2.05) is 6.07 Å². The molecule has 1 unspecified atom stereocenters. The molecule has 1 aliphatic rings. The van der Waals surface area contributed by atoms with Crippen molar-refractivity contribution in [1.82, 2.24) is 9.55 Å². The molecule has 0 radical (unpaired) electrons. The van der Waals surface area contributed by atoms with Crippen LogP contribution in [0, 0.1) is 0 Å². The molecular weight excluding hydrogens is 300 g/mol. The number of carbonyl (C=O) groups is 1. The van der Waals surface area contributed by atoms with Crippen LogP contribution < -0.4 is 0 Å². The summed E-state index contributed by atoms with van der Waals surface area (Å²) >= 11 is 3.24. The highest BCUT2D eigenvalue weighted by molar-refractivity contribution is 9.10. The quantitative estimate of drug-likeness (QED) is 0.926. The minimum Gasteiger partial charge on any atom is -0.480 e. The Balaban J connectivity index is 2.03. The Morgan fingerprint density at radius 2 is 2.39 bits per heavy atom. The average molecular weight is 311 g/mol. The molecule has 1 N–H and O–H groups in total. The second-order valence-electron chi connectivity index (χ2n) is 4.30. The molecule has 94 valence electrons. The first-order chi connectivity index (χ1) is 8.65.